The van der Waals surface area contributed by atoms with E-state index in [2.05, 4.69) is 19.0 Å². The summed E-state index contributed by atoms with van der Waals surface area (Å²) >= 11 is 7.30. The van der Waals surface area contributed by atoms with Crippen LogP contribution in [0.1, 0.15) is 64.5 Å². The van der Waals surface area contributed by atoms with Crippen LogP contribution in [0.2, 0.25) is 5.02 Å². The molecule has 0 radical (unpaired) electrons. The van der Waals surface area contributed by atoms with Gasteiger partial charge in [0.1, 0.15) is 17.1 Å². The van der Waals surface area contributed by atoms with E-state index in [1.54, 1.807) is 12.1 Å². The molecule has 48 heavy (non-hydrogen) atoms. The second-order valence-electron chi connectivity index (χ2n) is 15.2. The number of hydrogen-bond donors (Lipinski definition) is 1. The minimum Gasteiger partial charge on any atom is -0.508 e. The summed E-state index contributed by atoms with van der Waals surface area (Å²) in [5, 5.41) is 13.8. The number of rotatable bonds is 6. The van der Waals surface area contributed by atoms with E-state index in [9.17, 15) is 9.90 Å². The number of phenols is 1. The number of fused-ring (bicyclic) bond motifs is 3. The Bertz CT molecular complexity index is 1870. The zero-order chi connectivity index (χ0) is 33.8. The summed E-state index contributed by atoms with van der Waals surface area (Å²) in [7, 11) is 4.18. The second-order valence-corrected chi connectivity index (χ2v) is 15.6. The molecule has 1 saturated heterocycles. The van der Waals surface area contributed by atoms with Crippen molar-refractivity contribution in [3.05, 3.63) is 53.2 Å². The molecule has 7 rings (SSSR count). The molecule has 1 saturated carbocycles. The molecule has 10 heteroatoms. The summed E-state index contributed by atoms with van der Waals surface area (Å²) in [5.41, 5.74) is 2.54. The predicted molar refractivity (Wildman–Crippen MR) is 188 cm³/mol. The van der Waals surface area contributed by atoms with E-state index in [0.29, 0.717) is 54.2 Å². The third kappa shape index (κ3) is 6.59. The molecule has 1 N–H and O–H groups in total. The molecule has 9 nitrogen and oxygen atoms in total. The third-order valence-corrected chi connectivity index (χ3v) is 10.2. The molecule has 3 heterocycles. The Kier molecular flexibility index (Phi) is 8.57. The van der Waals surface area contributed by atoms with Gasteiger partial charge in [0.05, 0.1) is 34.8 Å². The summed E-state index contributed by atoms with van der Waals surface area (Å²) in [6.45, 7) is 8.61. The lowest BCUT2D eigenvalue weighted by atomic mass is 9.82. The van der Waals surface area contributed by atoms with Crippen LogP contribution in [0.3, 0.4) is 0 Å². The third-order valence-electron chi connectivity index (χ3n) is 9.80. The molecule has 0 spiro atoms. The number of carbonyl (C=O) groups is 1. The van der Waals surface area contributed by atoms with Gasteiger partial charge in [0, 0.05) is 42.4 Å². The number of ether oxygens (including phenoxy) is 3. The summed E-state index contributed by atoms with van der Waals surface area (Å²) in [4.78, 5) is 27.5. The predicted octanol–water partition coefficient (Wildman–Crippen LogP) is 8.04. The molecule has 2 fully saturated rings. The highest BCUT2D eigenvalue weighted by molar-refractivity contribution is 6.36. The van der Waals surface area contributed by atoms with E-state index in [0.717, 1.165) is 66.1 Å². The van der Waals surface area contributed by atoms with E-state index in [1.165, 1.54) is 0 Å². The molecule has 3 aliphatic rings. The summed E-state index contributed by atoms with van der Waals surface area (Å²) in [6.07, 6.45) is 4.59. The number of amides is 1. The zero-order valence-corrected chi connectivity index (χ0v) is 29.3. The fourth-order valence-electron chi connectivity index (χ4n) is 7.45. The Hall–Kier alpha value is -3.82. The Balaban J connectivity index is 1.35. The highest BCUT2D eigenvalue weighted by Crippen LogP contribution is 2.50. The van der Waals surface area contributed by atoms with Crippen molar-refractivity contribution in [2.75, 3.05) is 46.9 Å². The van der Waals surface area contributed by atoms with E-state index < -0.39 is 5.60 Å². The van der Waals surface area contributed by atoms with Crippen LogP contribution in [0, 0.1) is 11.3 Å². The van der Waals surface area contributed by atoms with Gasteiger partial charge < -0.3 is 29.1 Å². The van der Waals surface area contributed by atoms with Crippen molar-refractivity contribution in [1.29, 1.82) is 0 Å². The molecular weight excluding hydrogens is 628 g/mol. The van der Waals surface area contributed by atoms with Gasteiger partial charge in [-0.15, -0.1) is 0 Å². The highest BCUT2D eigenvalue weighted by Gasteiger charge is 2.44. The summed E-state index contributed by atoms with van der Waals surface area (Å²) in [6, 6.07) is 13.7. The summed E-state index contributed by atoms with van der Waals surface area (Å²) in [5.74, 6) is 0.612. The molecule has 254 valence electrons. The topological polar surface area (TPSA) is 97.3 Å². The highest BCUT2D eigenvalue weighted by atomic mass is 35.5. The number of aromatic nitrogens is 2. The first-order valence-electron chi connectivity index (χ1n) is 17.0. The average Bonchev–Trinajstić information content (AvgIpc) is 3.79. The van der Waals surface area contributed by atoms with Crippen LogP contribution in [0.15, 0.2) is 42.5 Å². The molecule has 1 aromatic heterocycles. The number of carbonyl (C=O) groups excluding carboxylic acids is 1. The fraction of sp³-hybridized carbons (Fsp3) is 0.500. The van der Waals surface area contributed by atoms with Gasteiger partial charge >= 0.3 is 12.1 Å². The second kappa shape index (κ2) is 12.6. The first-order valence-corrected chi connectivity index (χ1v) is 17.4. The van der Waals surface area contributed by atoms with Crippen molar-refractivity contribution in [3.8, 4) is 28.6 Å². The van der Waals surface area contributed by atoms with Gasteiger partial charge in [0.2, 0.25) is 0 Å². The van der Waals surface area contributed by atoms with Crippen LogP contribution in [0.5, 0.6) is 17.5 Å². The minimum absolute atomic E-state index is 0.00971. The van der Waals surface area contributed by atoms with Crippen LogP contribution >= 0.6 is 11.6 Å². The monoisotopic (exact) mass is 672 g/mol. The van der Waals surface area contributed by atoms with Gasteiger partial charge in [-0.1, -0.05) is 42.3 Å². The van der Waals surface area contributed by atoms with Gasteiger partial charge in [-0.25, -0.2) is 4.79 Å². The first kappa shape index (κ1) is 32.7. The number of benzene rings is 3. The van der Waals surface area contributed by atoms with Gasteiger partial charge in [-0.2, -0.15) is 9.97 Å². The fourth-order valence-corrected chi connectivity index (χ4v) is 7.76. The van der Waals surface area contributed by atoms with Gasteiger partial charge in [-0.3, -0.25) is 0 Å². The van der Waals surface area contributed by atoms with Crippen molar-refractivity contribution < 1.29 is 24.1 Å². The van der Waals surface area contributed by atoms with Crippen LogP contribution in [0.25, 0.3) is 32.8 Å². The molecule has 4 aromatic rings. The lowest BCUT2D eigenvalue weighted by molar-refractivity contribution is 0.0171. The Morgan fingerprint density at radius 3 is 2.67 bits per heavy atom. The van der Waals surface area contributed by atoms with E-state index >= 15 is 0 Å². The normalized spacial score (nSPS) is 20.4. The zero-order valence-electron chi connectivity index (χ0n) is 28.5. The number of hydrogen-bond acceptors (Lipinski definition) is 8. The van der Waals surface area contributed by atoms with Gasteiger partial charge in [0.15, 0.2) is 0 Å². The van der Waals surface area contributed by atoms with Crippen molar-refractivity contribution in [2.45, 2.75) is 64.4 Å². The van der Waals surface area contributed by atoms with Crippen LogP contribution < -0.4 is 9.47 Å². The molecule has 0 bridgehead atoms. The van der Waals surface area contributed by atoms with Crippen LogP contribution in [-0.4, -0.2) is 83.5 Å². The maximum atomic E-state index is 13.3. The Morgan fingerprint density at radius 2 is 1.92 bits per heavy atom. The molecule has 3 aromatic carbocycles. The number of nitrogens with zero attached hydrogens (tertiary/aromatic N) is 4. The lowest BCUT2D eigenvalue weighted by Gasteiger charge is -2.34. The Morgan fingerprint density at radius 1 is 1.12 bits per heavy atom. The SMILES string of the molecule is CN(C)CC1(COc2nc3c4c(c(Cl)c(-c5cc(O)cc6ccccc56)cc4n2)OC[C@H]2CN(C(=O)OC(C)(C)C)CCCCC32)CC1. The van der Waals surface area contributed by atoms with E-state index in [4.69, 9.17) is 35.8 Å². The van der Waals surface area contributed by atoms with E-state index in [-0.39, 0.29) is 29.1 Å². The Labute approximate surface area is 287 Å². The van der Waals surface area contributed by atoms with Gasteiger partial charge in [-0.05, 0) is 95.1 Å². The first-order chi connectivity index (χ1) is 22.9. The molecule has 1 unspecified atom stereocenters. The molecular formula is C38H45ClN4O5. The maximum Gasteiger partial charge on any atom is 0.410 e. The smallest absolute Gasteiger partial charge is 0.410 e. The van der Waals surface area contributed by atoms with Crippen molar-refractivity contribution in [3.63, 3.8) is 0 Å². The molecule has 2 atom stereocenters. The van der Waals surface area contributed by atoms with Crippen molar-refractivity contribution >= 4 is 39.4 Å². The van der Waals surface area contributed by atoms with Crippen molar-refractivity contribution in [1.82, 2.24) is 19.8 Å². The van der Waals surface area contributed by atoms with Crippen LogP contribution in [0.4, 0.5) is 4.79 Å². The van der Waals surface area contributed by atoms with Gasteiger partial charge in [0.25, 0.3) is 0 Å². The standard InChI is InChI=1S/C38H45ClN4O5/c1-37(2,3)48-36(45)43-15-9-8-12-27-24(19-43)20-46-34-31-30(40-35(41-33(27)31)47-22-38(13-14-38)21-42(4)5)18-29(32(34)39)28-17-25(44)16-23-10-6-7-11-26(23)28/h6-7,10-11,16-18,24,27,44H,8-9,12-15,19-22H2,1-5H3/t24-,27?/m1/s1. The number of aromatic hydroxyl groups is 1. The largest absolute Gasteiger partial charge is 0.508 e. The molecule has 1 aliphatic carbocycles. The van der Waals surface area contributed by atoms with Crippen molar-refractivity contribution in [2.24, 2.45) is 11.3 Å². The number of halogens is 1. The lowest BCUT2D eigenvalue weighted by Crippen LogP contribution is -2.43. The van der Waals surface area contributed by atoms with Crippen LogP contribution in [-0.2, 0) is 4.74 Å². The quantitative estimate of drug-likeness (QED) is 0.220. The average molecular weight is 673 g/mol. The summed E-state index contributed by atoms with van der Waals surface area (Å²) < 4.78 is 18.9. The number of likely N-dealkylation sites (tertiary alicyclic amines) is 1. The molecule has 2 aliphatic heterocycles. The maximum absolute atomic E-state index is 13.3. The number of phenolic OH excluding ortho intramolecular Hbond substituents is 1. The minimum atomic E-state index is -0.592. The molecule has 1 amide bonds. The van der Waals surface area contributed by atoms with E-state index in [1.807, 2.05) is 56.0 Å².